The van der Waals surface area contributed by atoms with E-state index in [4.69, 9.17) is 16.0 Å². The highest BCUT2D eigenvalue weighted by Gasteiger charge is 2.27. The Labute approximate surface area is 195 Å². The van der Waals surface area contributed by atoms with E-state index >= 15 is 0 Å². The third kappa shape index (κ3) is 4.29. The van der Waals surface area contributed by atoms with Crippen molar-refractivity contribution in [2.75, 3.05) is 45.9 Å². The van der Waals surface area contributed by atoms with Crippen LogP contribution >= 0.6 is 0 Å². The van der Waals surface area contributed by atoms with Crippen molar-refractivity contribution in [2.45, 2.75) is 39.4 Å². The zero-order chi connectivity index (χ0) is 22.9. The van der Waals surface area contributed by atoms with Crippen LogP contribution in [0.15, 0.2) is 24.3 Å². The van der Waals surface area contributed by atoms with E-state index in [-0.39, 0.29) is 12.1 Å². The summed E-state index contributed by atoms with van der Waals surface area (Å²) in [7, 11) is 0. The fourth-order valence-corrected chi connectivity index (χ4v) is 5.44. The average molecular weight is 446 g/mol. The van der Waals surface area contributed by atoms with Crippen LogP contribution in [-0.4, -0.2) is 61.6 Å². The van der Waals surface area contributed by atoms with Crippen LogP contribution < -0.4 is 0 Å². The van der Waals surface area contributed by atoms with E-state index in [2.05, 4.69) is 40.6 Å². The molecule has 0 aliphatic carbocycles. The Morgan fingerprint density at radius 3 is 2.61 bits per heavy atom. The Morgan fingerprint density at radius 2 is 1.82 bits per heavy atom. The number of hydrogen-bond donors (Lipinski definition) is 0. The predicted molar refractivity (Wildman–Crippen MR) is 127 cm³/mol. The van der Waals surface area contributed by atoms with Crippen molar-refractivity contribution < 1.29 is 14.3 Å². The van der Waals surface area contributed by atoms with E-state index in [1.165, 1.54) is 22.3 Å². The maximum Gasteiger partial charge on any atom is 0.338 e. The van der Waals surface area contributed by atoms with Crippen LogP contribution in [-0.2, 0) is 28.9 Å². The van der Waals surface area contributed by atoms with Gasteiger partial charge < -0.3 is 14.4 Å². The number of piperazine rings is 1. The molecule has 33 heavy (non-hydrogen) atoms. The van der Waals surface area contributed by atoms with Crippen molar-refractivity contribution in [1.82, 2.24) is 9.80 Å². The highest BCUT2D eigenvalue weighted by atomic mass is 16.5. The molecule has 1 fully saturated rings. The van der Waals surface area contributed by atoms with Gasteiger partial charge in [-0.25, -0.2) is 9.64 Å². The van der Waals surface area contributed by atoms with Crippen LogP contribution in [0, 0.1) is 20.4 Å². The van der Waals surface area contributed by atoms with Gasteiger partial charge in [0.15, 0.2) is 5.69 Å². The lowest BCUT2D eigenvalue weighted by atomic mass is 9.92. The largest absolute Gasteiger partial charge is 0.457 e. The smallest absolute Gasteiger partial charge is 0.338 e. The summed E-state index contributed by atoms with van der Waals surface area (Å²) in [6, 6.07) is 8.07. The Bertz CT molecular complexity index is 1110. The first-order chi connectivity index (χ1) is 16.0. The van der Waals surface area contributed by atoms with Gasteiger partial charge in [0.25, 0.3) is 0 Å². The minimum atomic E-state index is -0.192. The monoisotopic (exact) mass is 445 g/mol. The minimum absolute atomic E-state index is 0.0952. The zero-order valence-corrected chi connectivity index (χ0v) is 19.5. The first-order valence-electron chi connectivity index (χ1n) is 11.9. The van der Waals surface area contributed by atoms with Crippen LogP contribution in [0.4, 0.5) is 5.69 Å². The van der Waals surface area contributed by atoms with Gasteiger partial charge in [-0.1, -0.05) is 18.2 Å². The molecule has 0 N–H and O–H groups in total. The predicted octanol–water partition coefficient (Wildman–Crippen LogP) is 4.00. The number of fused-ring (bicyclic) bond motifs is 2. The average Bonchev–Trinajstić information content (AvgIpc) is 3.22. The lowest BCUT2D eigenvalue weighted by Gasteiger charge is -2.38. The Balaban J connectivity index is 1.15. The molecule has 2 aromatic carbocycles. The van der Waals surface area contributed by atoms with E-state index in [0.717, 1.165) is 81.1 Å². The Hall–Kier alpha value is -2.72. The standard InChI is InChI=1S/C27H31N3O3/c1-18-20(4-5-23-24(18)17-33-27(23)31)8-10-29-11-13-30(14-12-29)16-26-22-6-7-25(28-3)19(2)21(22)9-15-32-26/h4-7,26H,8-17H2,1-2H3. The molecule has 0 amide bonds. The molecule has 3 aliphatic rings. The maximum absolute atomic E-state index is 11.8. The molecule has 0 spiro atoms. The summed E-state index contributed by atoms with van der Waals surface area (Å²) in [5, 5.41) is 0. The molecule has 1 saturated heterocycles. The molecule has 3 aliphatic heterocycles. The molecule has 6 nitrogen and oxygen atoms in total. The van der Waals surface area contributed by atoms with Crippen molar-refractivity contribution in [2.24, 2.45) is 0 Å². The van der Waals surface area contributed by atoms with Gasteiger partial charge in [-0.15, -0.1) is 0 Å². The summed E-state index contributed by atoms with van der Waals surface area (Å²) in [4.78, 5) is 20.5. The zero-order valence-electron chi connectivity index (χ0n) is 19.5. The van der Waals surface area contributed by atoms with E-state index in [0.29, 0.717) is 6.61 Å². The van der Waals surface area contributed by atoms with Gasteiger partial charge >= 0.3 is 5.97 Å². The lowest BCUT2D eigenvalue weighted by molar-refractivity contribution is 0.00458. The Morgan fingerprint density at radius 1 is 1.03 bits per heavy atom. The van der Waals surface area contributed by atoms with Gasteiger partial charge in [0, 0.05) is 44.8 Å². The van der Waals surface area contributed by atoms with Crippen LogP contribution in [0.2, 0.25) is 0 Å². The Kier molecular flexibility index (Phi) is 6.20. The summed E-state index contributed by atoms with van der Waals surface area (Å²) in [6.45, 7) is 18.8. The van der Waals surface area contributed by atoms with Crippen LogP contribution in [0.3, 0.4) is 0 Å². The van der Waals surface area contributed by atoms with E-state index < -0.39 is 0 Å². The third-order valence-electron chi connectivity index (χ3n) is 7.61. The van der Waals surface area contributed by atoms with Crippen molar-refractivity contribution in [3.63, 3.8) is 0 Å². The normalized spacial score (nSPS) is 20.8. The number of esters is 1. The van der Waals surface area contributed by atoms with Crippen LogP contribution in [0.5, 0.6) is 0 Å². The quantitative estimate of drug-likeness (QED) is 0.514. The maximum atomic E-state index is 11.8. The van der Waals surface area contributed by atoms with Crippen LogP contribution in [0.25, 0.3) is 4.85 Å². The molecule has 1 unspecified atom stereocenters. The number of rotatable bonds is 5. The molecule has 1 atom stereocenters. The summed E-state index contributed by atoms with van der Waals surface area (Å²) in [6.07, 6.45) is 1.99. The molecule has 6 heteroatoms. The van der Waals surface area contributed by atoms with Gasteiger partial charge in [0.05, 0.1) is 24.8 Å². The SMILES string of the molecule is [C-]#[N+]c1ccc2c(c1C)CCOC2CN1CCN(CCc2ccc3c(c2C)COC3=O)CC1. The molecular weight excluding hydrogens is 414 g/mol. The van der Waals surface area contributed by atoms with Gasteiger partial charge in [-0.05, 0) is 60.6 Å². The van der Waals surface area contributed by atoms with Crippen molar-refractivity contribution in [3.8, 4) is 0 Å². The van der Waals surface area contributed by atoms with Gasteiger partial charge in [0.1, 0.15) is 6.61 Å². The molecule has 3 heterocycles. The van der Waals surface area contributed by atoms with Gasteiger partial charge in [-0.2, -0.15) is 0 Å². The number of carbonyl (C=O) groups excluding carboxylic acids is 1. The molecule has 0 aromatic heterocycles. The molecule has 0 saturated carbocycles. The number of benzene rings is 2. The molecule has 2 aromatic rings. The van der Waals surface area contributed by atoms with Crippen molar-refractivity contribution >= 4 is 11.7 Å². The number of carbonyl (C=O) groups is 1. The first kappa shape index (κ1) is 22.1. The summed E-state index contributed by atoms with van der Waals surface area (Å²) in [5.41, 5.74) is 8.79. The number of ether oxygens (including phenoxy) is 2. The topological polar surface area (TPSA) is 46.4 Å². The number of nitrogens with zero attached hydrogens (tertiary/aromatic N) is 3. The molecule has 172 valence electrons. The van der Waals surface area contributed by atoms with Crippen molar-refractivity contribution in [3.05, 3.63) is 74.6 Å². The fourth-order valence-electron chi connectivity index (χ4n) is 5.44. The van der Waals surface area contributed by atoms with Gasteiger partial charge in [-0.3, -0.25) is 4.90 Å². The molecular formula is C27H31N3O3. The molecule has 0 bridgehead atoms. The second kappa shape index (κ2) is 9.26. The second-order valence-corrected chi connectivity index (χ2v) is 9.34. The summed E-state index contributed by atoms with van der Waals surface area (Å²) in [5.74, 6) is -0.192. The first-order valence-corrected chi connectivity index (χ1v) is 11.9. The number of cyclic esters (lactones) is 1. The summed E-state index contributed by atoms with van der Waals surface area (Å²) >= 11 is 0. The van der Waals surface area contributed by atoms with Crippen molar-refractivity contribution in [1.29, 1.82) is 0 Å². The second-order valence-electron chi connectivity index (χ2n) is 9.34. The highest BCUT2D eigenvalue weighted by Crippen LogP contribution is 2.34. The minimum Gasteiger partial charge on any atom is -0.457 e. The van der Waals surface area contributed by atoms with E-state index in [9.17, 15) is 4.79 Å². The number of hydrogen-bond acceptors (Lipinski definition) is 5. The lowest BCUT2D eigenvalue weighted by Crippen LogP contribution is -2.48. The van der Waals surface area contributed by atoms with Gasteiger partial charge in [0.2, 0.25) is 0 Å². The highest BCUT2D eigenvalue weighted by molar-refractivity contribution is 5.93. The molecule has 0 radical (unpaired) electrons. The molecule has 5 rings (SSSR count). The summed E-state index contributed by atoms with van der Waals surface area (Å²) < 4.78 is 11.3. The van der Waals surface area contributed by atoms with E-state index in [1.54, 1.807) is 0 Å². The third-order valence-corrected chi connectivity index (χ3v) is 7.61. The fraction of sp³-hybridized carbons (Fsp3) is 0.481. The van der Waals surface area contributed by atoms with Crippen LogP contribution in [0.1, 0.15) is 49.8 Å². The van der Waals surface area contributed by atoms with E-state index in [1.807, 2.05) is 12.1 Å².